The van der Waals surface area contributed by atoms with Crippen molar-refractivity contribution in [2.45, 2.75) is 52.4 Å². The highest BCUT2D eigenvalue weighted by Crippen LogP contribution is 2.33. The van der Waals surface area contributed by atoms with Gasteiger partial charge in [0.15, 0.2) is 0 Å². The van der Waals surface area contributed by atoms with E-state index in [0.717, 1.165) is 19.6 Å². The fourth-order valence-corrected chi connectivity index (χ4v) is 3.31. The normalized spacial score (nSPS) is 21.0. The second-order valence-corrected chi connectivity index (χ2v) is 7.14. The van der Waals surface area contributed by atoms with Crippen LogP contribution in [0.15, 0.2) is 18.2 Å². The van der Waals surface area contributed by atoms with Gasteiger partial charge in [-0.25, -0.2) is 0 Å². The van der Waals surface area contributed by atoms with Crippen LogP contribution in [0.25, 0.3) is 0 Å². The number of hydrogen-bond donors (Lipinski definition) is 1. The molecular formula is C17H28N2O. The van der Waals surface area contributed by atoms with Crippen LogP contribution in [-0.2, 0) is 11.3 Å². The van der Waals surface area contributed by atoms with E-state index in [0.29, 0.717) is 0 Å². The monoisotopic (exact) mass is 276 g/mol. The Balaban J connectivity index is 2.35. The summed E-state index contributed by atoms with van der Waals surface area (Å²) in [7, 11) is 2.00. The predicted octanol–water partition coefficient (Wildman–Crippen LogP) is 3.11. The minimum absolute atomic E-state index is 0.121. The highest BCUT2D eigenvalue weighted by atomic mass is 16.5. The van der Waals surface area contributed by atoms with Gasteiger partial charge in [0.25, 0.3) is 0 Å². The molecule has 1 saturated heterocycles. The molecule has 0 saturated carbocycles. The van der Waals surface area contributed by atoms with Gasteiger partial charge in [-0.15, -0.1) is 0 Å². The summed E-state index contributed by atoms with van der Waals surface area (Å²) in [6, 6.07) is 6.73. The molecule has 1 aromatic rings. The van der Waals surface area contributed by atoms with E-state index in [1.54, 1.807) is 0 Å². The van der Waals surface area contributed by atoms with Crippen molar-refractivity contribution in [3.05, 3.63) is 29.3 Å². The maximum atomic E-state index is 6.18. The number of nitrogens with zero attached hydrogens (tertiary/aromatic N) is 1. The Bertz CT molecular complexity index is 464. The van der Waals surface area contributed by atoms with Crippen molar-refractivity contribution in [2.24, 2.45) is 0 Å². The van der Waals surface area contributed by atoms with E-state index < -0.39 is 0 Å². The molecule has 2 rings (SSSR count). The van der Waals surface area contributed by atoms with E-state index >= 15 is 0 Å². The van der Waals surface area contributed by atoms with Crippen molar-refractivity contribution in [1.29, 1.82) is 0 Å². The second-order valence-electron chi connectivity index (χ2n) is 7.14. The van der Waals surface area contributed by atoms with Crippen molar-refractivity contribution in [1.82, 2.24) is 5.32 Å². The molecule has 1 fully saturated rings. The molecule has 0 radical (unpaired) electrons. The number of hydrogen-bond acceptors (Lipinski definition) is 3. The lowest BCUT2D eigenvalue weighted by atomic mass is 9.97. The Kier molecular flexibility index (Phi) is 4.12. The molecule has 0 bridgehead atoms. The first kappa shape index (κ1) is 15.3. The number of nitrogens with one attached hydrogen (secondary N) is 1. The summed E-state index contributed by atoms with van der Waals surface area (Å²) in [5.74, 6) is 0. The molecule has 1 N–H and O–H groups in total. The van der Waals surface area contributed by atoms with Gasteiger partial charge in [-0.05, 0) is 53.3 Å². The molecule has 0 unspecified atom stereocenters. The van der Waals surface area contributed by atoms with Crippen molar-refractivity contribution in [2.75, 3.05) is 25.0 Å². The summed E-state index contributed by atoms with van der Waals surface area (Å²) >= 11 is 0. The minimum Gasteiger partial charge on any atom is -0.366 e. The van der Waals surface area contributed by atoms with Crippen molar-refractivity contribution < 1.29 is 4.74 Å². The third-order valence-electron chi connectivity index (χ3n) is 3.64. The van der Waals surface area contributed by atoms with E-state index in [4.69, 9.17) is 4.74 Å². The van der Waals surface area contributed by atoms with Crippen LogP contribution in [-0.4, -0.2) is 31.3 Å². The SMILES string of the molecule is CNCc1cc(C)ccc1N1CC(C)(C)OC(C)(C)C1. The molecule has 0 amide bonds. The zero-order valence-corrected chi connectivity index (χ0v) is 13.7. The average Bonchev–Trinajstić information content (AvgIpc) is 2.25. The largest absolute Gasteiger partial charge is 0.366 e. The summed E-state index contributed by atoms with van der Waals surface area (Å²) < 4.78 is 6.18. The maximum Gasteiger partial charge on any atom is 0.0808 e. The standard InChI is InChI=1S/C17H28N2O/c1-13-7-8-15(14(9-13)10-18-6)19-11-16(2,3)20-17(4,5)12-19/h7-9,18H,10-12H2,1-6H3. The molecule has 0 aromatic heterocycles. The van der Waals surface area contributed by atoms with Crippen molar-refractivity contribution >= 4 is 5.69 Å². The van der Waals surface area contributed by atoms with Gasteiger partial charge in [-0.1, -0.05) is 17.7 Å². The van der Waals surface area contributed by atoms with Crippen LogP contribution in [0.3, 0.4) is 0 Å². The number of anilines is 1. The molecule has 0 spiro atoms. The van der Waals surface area contributed by atoms with Gasteiger partial charge in [0.1, 0.15) is 0 Å². The van der Waals surface area contributed by atoms with Gasteiger partial charge in [0.2, 0.25) is 0 Å². The highest BCUT2D eigenvalue weighted by Gasteiger charge is 2.38. The molecule has 20 heavy (non-hydrogen) atoms. The molecule has 3 nitrogen and oxygen atoms in total. The van der Waals surface area contributed by atoms with Gasteiger partial charge in [0, 0.05) is 25.3 Å². The van der Waals surface area contributed by atoms with Gasteiger partial charge in [-0.2, -0.15) is 0 Å². The number of morpholine rings is 1. The fourth-order valence-electron chi connectivity index (χ4n) is 3.31. The van der Waals surface area contributed by atoms with Crippen LogP contribution in [0.5, 0.6) is 0 Å². The second kappa shape index (κ2) is 5.38. The van der Waals surface area contributed by atoms with E-state index in [1.165, 1.54) is 16.8 Å². The predicted molar refractivity (Wildman–Crippen MR) is 85.4 cm³/mol. The van der Waals surface area contributed by atoms with E-state index in [-0.39, 0.29) is 11.2 Å². The summed E-state index contributed by atoms with van der Waals surface area (Å²) in [5, 5.41) is 3.27. The van der Waals surface area contributed by atoms with Crippen molar-refractivity contribution in [3.63, 3.8) is 0 Å². The molecule has 1 aliphatic rings. The first-order valence-electron chi connectivity index (χ1n) is 7.42. The topological polar surface area (TPSA) is 24.5 Å². The lowest BCUT2D eigenvalue weighted by molar-refractivity contribution is -0.133. The number of rotatable bonds is 3. The summed E-state index contributed by atoms with van der Waals surface area (Å²) in [5.41, 5.74) is 3.76. The quantitative estimate of drug-likeness (QED) is 0.918. The Labute approximate surface area is 123 Å². The Morgan fingerprint density at radius 2 is 1.75 bits per heavy atom. The number of benzene rings is 1. The minimum atomic E-state index is -0.121. The third-order valence-corrected chi connectivity index (χ3v) is 3.64. The first-order valence-corrected chi connectivity index (χ1v) is 7.42. The van der Waals surface area contributed by atoms with Gasteiger partial charge in [0.05, 0.1) is 11.2 Å². The van der Waals surface area contributed by atoms with Crippen LogP contribution in [0.4, 0.5) is 5.69 Å². The van der Waals surface area contributed by atoms with Crippen LogP contribution in [0.2, 0.25) is 0 Å². The van der Waals surface area contributed by atoms with Gasteiger partial charge in [-0.3, -0.25) is 0 Å². The molecule has 3 heteroatoms. The van der Waals surface area contributed by atoms with Crippen molar-refractivity contribution in [3.8, 4) is 0 Å². The van der Waals surface area contributed by atoms with Crippen LogP contribution < -0.4 is 10.2 Å². The Morgan fingerprint density at radius 1 is 1.15 bits per heavy atom. The lowest BCUT2D eigenvalue weighted by Gasteiger charge is -2.48. The lowest BCUT2D eigenvalue weighted by Crippen LogP contribution is -2.57. The number of aryl methyl sites for hydroxylation is 1. The van der Waals surface area contributed by atoms with Crippen LogP contribution >= 0.6 is 0 Å². The molecule has 1 aliphatic heterocycles. The molecule has 0 atom stereocenters. The fraction of sp³-hybridized carbons (Fsp3) is 0.647. The Hall–Kier alpha value is -1.06. The Morgan fingerprint density at radius 3 is 2.30 bits per heavy atom. The zero-order valence-electron chi connectivity index (χ0n) is 13.7. The van der Waals surface area contributed by atoms with Gasteiger partial charge >= 0.3 is 0 Å². The van der Waals surface area contributed by atoms with E-state index in [2.05, 4.69) is 63.0 Å². The zero-order chi connectivity index (χ0) is 15.0. The molecule has 1 aromatic carbocycles. The number of ether oxygens (including phenoxy) is 1. The van der Waals surface area contributed by atoms with Crippen LogP contribution in [0, 0.1) is 6.92 Å². The third kappa shape index (κ3) is 3.53. The summed E-state index contributed by atoms with van der Waals surface area (Å²) in [6.07, 6.45) is 0. The van der Waals surface area contributed by atoms with Gasteiger partial charge < -0.3 is 15.0 Å². The van der Waals surface area contributed by atoms with E-state index in [9.17, 15) is 0 Å². The molecule has 1 heterocycles. The first-order chi connectivity index (χ1) is 9.22. The van der Waals surface area contributed by atoms with E-state index in [1.807, 2.05) is 7.05 Å². The average molecular weight is 276 g/mol. The summed E-state index contributed by atoms with van der Waals surface area (Å²) in [6.45, 7) is 13.6. The summed E-state index contributed by atoms with van der Waals surface area (Å²) in [4.78, 5) is 2.47. The highest BCUT2D eigenvalue weighted by molar-refractivity contribution is 5.56. The van der Waals surface area contributed by atoms with Crippen LogP contribution in [0.1, 0.15) is 38.8 Å². The smallest absolute Gasteiger partial charge is 0.0808 e. The maximum absolute atomic E-state index is 6.18. The molecule has 0 aliphatic carbocycles. The molecular weight excluding hydrogens is 248 g/mol. The molecule has 112 valence electrons.